The van der Waals surface area contributed by atoms with E-state index in [0.717, 1.165) is 19.3 Å². The molecular formula is C19H24F3N3O4S. The summed E-state index contributed by atoms with van der Waals surface area (Å²) < 4.78 is 63.1. The second-order valence-electron chi connectivity index (χ2n) is 7.62. The van der Waals surface area contributed by atoms with Crippen LogP contribution in [0.25, 0.3) is 0 Å². The third kappa shape index (κ3) is 5.12. The summed E-state index contributed by atoms with van der Waals surface area (Å²) in [6, 6.07) is 3.33. The van der Waals surface area contributed by atoms with E-state index >= 15 is 0 Å². The SMILES string of the molecule is CC(=O)N1Cc2cc(S(=O)(=O)NCC(F)(F)F)ccc2CC1C(=O)N1CCCCC1. The lowest BCUT2D eigenvalue weighted by atomic mass is 9.92. The van der Waals surface area contributed by atoms with Crippen LogP contribution >= 0.6 is 0 Å². The summed E-state index contributed by atoms with van der Waals surface area (Å²) in [5, 5.41) is 0. The van der Waals surface area contributed by atoms with Crippen molar-refractivity contribution >= 4 is 21.8 Å². The number of nitrogens with zero attached hydrogens (tertiary/aromatic N) is 2. The van der Waals surface area contributed by atoms with E-state index in [4.69, 9.17) is 0 Å². The lowest BCUT2D eigenvalue weighted by molar-refractivity contribution is -0.146. The van der Waals surface area contributed by atoms with Crippen molar-refractivity contribution in [2.24, 2.45) is 0 Å². The van der Waals surface area contributed by atoms with Gasteiger partial charge in [0.1, 0.15) is 12.6 Å². The molecule has 0 aliphatic carbocycles. The predicted octanol–water partition coefficient (Wildman–Crippen LogP) is 1.81. The second kappa shape index (κ2) is 8.54. The zero-order valence-corrected chi connectivity index (χ0v) is 17.4. The van der Waals surface area contributed by atoms with Crippen LogP contribution in [0.4, 0.5) is 13.2 Å². The maximum Gasteiger partial charge on any atom is 0.402 e. The minimum Gasteiger partial charge on any atom is -0.341 e. The minimum atomic E-state index is -4.67. The van der Waals surface area contributed by atoms with E-state index in [1.165, 1.54) is 34.7 Å². The van der Waals surface area contributed by atoms with Gasteiger partial charge in [-0.05, 0) is 42.5 Å². The Bertz CT molecular complexity index is 927. The quantitative estimate of drug-likeness (QED) is 0.763. The van der Waals surface area contributed by atoms with Crippen molar-refractivity contribution in [1.29, 1.82) is 0 Å². The number of benzene rings is 1. The molecule has 166 valence electrons. The van der Waals surface area contributed by atoms with Crippen molar-refractivity contribution in [2.75, 3.05) is 19.6 Å². The van der Waals surface area contributed by atoms with E-state index in [2.05, 4.69) is 0 Å². The number of rotatable bonds is 4. The zero-order valence-electron chi connectivity index (χ0n) is 16.5. The van der Waals surface area contributed by atoms with E-state index in [9.17, 15) is 31.2 Å². The minimum absolute atomic E-state index is 0.0253. The summed E-state index contributed by atoms with van der Waals surface area (Å²) in [5.74, 6) is -0.446. The summed E-state index contributed by atoms with van der Waals surface area (Å²) in [4.78, 5) is 28.1. The molecule has 0 aromatic heterocycles. The monoisotopic (exact) mass is 447 g/mol. The molecule has 0 saturated carbocycles. The third-order valence-electron chi connectivity index (χ3n) is 5.44. The van der Waals surface area contributed by atoms with E-state index in [-0.39, 0.29) is 29.7 Å². The summed E-state index contributed by atoms with van der Waals surface area (Å²) in [7, 11) is -4.36. The molecule has 0 spiro atoms. The van der Waals surface area contributed by atoms with Crippen LogP contribution in [0.3, 0.4) is 0 Å². The van der Waals surface area contributed by atoms with Crippen LogP contribution in [0.5, 0.6) is 0 Å². The van der Waals surface area contributed by atoms with Gasteiger partial charge in [-0.15, -0.1) is 0 Å². The largest absolute Gasteiger partial charge is 0.402 e. The van der Waals surface area contributed by atoms with Gasteiger partial charge in [-0.3, -0.25) is 9.59 Å². The summed E-state index contributed by atoms with van der Waals surface area (Å²) in [5.41, 5.74) is 1.21. The molecule has 1 N–H and O–H groups in total. The van der Waals surface area contributed by atoms with Gasteiger partial charge in [-0.2, -0.15) is 13.2 Å². The number of carbonyl (C=O) groups excluding carboxylic acids is 2. The summed E-state index contributed by atoms with van der Waals surface area (Å²) >= 11 is 0. The van der Waals surface area contributed by atoms with Gasteiger partial charge in [-0.1, -0.05) is 6.07 Å². The van der Waals surface area contributed by atoms with Gasteiger partial charge in [0.2, 0.25) is 21.8 Å². The molecule has 2 aliphatic heterocycles. The lowest BCUT2D eigenvalue weighted by Crippen LogP contribution is -2.54. The third-order valence-corrected chi connectivity index (χ3v) is 6.84. The Balaban J connectivity index is 1.84. The first kappa shape index (κ1) is 22.5. The van der Waals surface area contributed by atoms with Gasteiger partial charge < -0.3 is 9.80 Å². The van der Waals surface area contributed by atoms with Crippen LogP contribution in [-0.2, 0) is 32.6 Å². The highest BCUT2D eigenvalue weighted by Crippen LogP contribution is 2.28. The first-order valence-corrected chi connectivity index (χ1v) is 11.2. The van der Waals surface area contributed by atoms with Crippen molar-refractivity contribution in [3.05, 3.63) is 29.3 Å². The number of halogens is 3. The molecule has 0 bridgehead atoms. The van der Waals surface area contributed by atoms with Crippen molar-refractivity contribution in [2.45, 2.75) is 56.3 Å². The Morgan fingerprint density at radius 1 is 1.13 bits per heavy atom. The molecule has 1 aromatic rings. The zero-order chi connectivity index (χ0) is 22.1. The fourth-order valence-corrected chi connectivity index (χ4v) is 4.93. The Morgan fingerprint density at radius 3 is 2.40 bits per heavy atom. The molecule has 2 amide bonds. The van der Waals surface area contributed by atoms with Crippen molar-refractivity contribution in [3.63, 3.8) is 0 Å². The Morgan fingerprint density at radius 2 is 1.80 bits per heavy atom. The fraction of sp³-hybridized carbons (Fsp3) is 0.579. The molecule has 1 aromatic carbocycles. The number of fused-ring (bicyclic) bond motifs is 1. The lowest BCUT2D eigenvalue weighted by Gasteiger charge is -2.39. The molecule has 1 atom stereocenters. The smallest absolute Gasteiger partial charge is 0.341 e. The Kier molecular flexibility index (Phi) is 6.42. The van der Waals surface area contributed by atoms with E-state index in [0.29, 0.717) is 24.2 Å². The second-order valence-corrected chi connectivity index (χ2v) is 9.39. The maximum absolute atomic E-state index is 13.0. The number of likely N-dealkylation sites (tertiary alicyclic amines) is 1. The van der Waals surface area contributed by atoms with Gasteiger partial charge >= 0.3 is 6.18 Å². The Hall–Kier alpha value is -2.14. The Labute approximate surface area is 173 Å². The number of hydrogen-bond donors (Lipinski definition) is 1. The normalized spacial score (nSPS) is 20.1. The van der Waals surface area contributed by atoms with Crippen LogP contribution < -0.4 is 4.72 Å². The van der Waals surface area contributed by atoms with E-state index in [1.807, 2.05) is 0 Å². The maximum atomic E-state index is 13.0. The molecule has 1 fully saturated rings. The number of piperidine rings is 1. The molecule has 30 heavy (non-hydrogen) atoms. The van der Waals surface area contributed by atoms with Gasteiger partial charge in [0.15, 0.2) is 0 Å². The molecule has 2 aliphatic rings. The number of carbonyl (C=O) groups is 2. The van der Waals surface area contributed by atoms with Crippen LogP contribution in [-0.4, -0.2) is 61.9 Å². The van der Waals surface area contributed by atoms with Crippen molar-refractivity contribution in [1.82, 2.24) is 14.5 Å². The highest BCUT2D eigenvalue weighted by Gasteiger charge is 2.37. The average Bonchev–Trinajstić information content (AvgIpc) is 2.70. The molecule has 2 heterocycles. The predicted molar refractivity (Wildman–Crippen MR) is 102 cm³/mol. The molecule has 11 heteroatoms. The molecule has 3 rings (SSSR count). The number of hydrogen-bond acceptors (Lipinski definition) is 4. The molecule has 0 radical (unpaired) electrons. The number of sulfonamides is 1. The first-order chi connectivity index (χ1) is 14.0. The topological polar surface area (TPSA) is 86.8 Å². The first-order valence-electron chi connectivity index (χ1n) is 9.72. The van der Waals surface area contributed by atoms with Gasteiger partial charge in [0.05, 0.1) is 4.90 Å². The molecule has 1 saturated heterocycles. The number of alkyl halides is 3. The van der Waals surface area contributed by atoms with Crippen LogP contribution in [0.15, 0.2) is 23.1 Å². The molecule has 7 nitrogen and oxygen atoms in total. The number of amides is 2. The van der Waals surface area contributed by atoms with Gasteiger partial charge in [0.25, 0.3) is 0 Å². The summed E-state index contributed by atoms with van der Waals surface area (Å²) in [6.45, 7) is 0.995. The van der Waals surface area contributed by atoms with Gasteiger partial charge in [-0.25, -0.2) is 13.1 Å². The van der Waals surface area contributed by atoms with Crippen LogP contribution in [0.1, 0.15) is 37.3 Å². The highest BCUT2D eigenvalue weighted by molar-refractivity contribution is 7.89. The highest BCUT2D eigenvalue weighted by atomic mass is 32.2. The van der Waals surface area contributed by atoms with Crippen LogP contribution in [0, 0.1) is 0 Å². The molecular weight excluding hydrogens is 423 g/mol. The molecule has 1 unspecified atom stereocenters. The van der Waals surface area contributed by atoms with Crippen LogP contribution in [0.2, 0.25) is 0 Å². The standard InChI is InChI=1S/C19H24F3N3O4S/c1-13(26)25-11-15-9-16(30(28,29)23-12-19(20,21)22)6-5-14(15)10-17(25)18(27)24-7-3-2-4-8-24/h5-6,9,17,23H,2-4,7-8,10-12H2,1H3. The number of nitrogens with one attached hydrogen (secondary N) is 1. The van der Waals surface area contributed by atoms with E-state index < -0.39 is 28.8 Å². The van der Waals surface area contributed by atoms with Crippen molar-refractivity contribution in [3.8, 4) is 0 Å². The van der Waals surface area contributed by atoms with Crippen molar-refractivity contribution < 1.29 is 31.2 Å². The fourth-order valence-electron chi connectivity index (χ4n) is 3.86. The van der Waals surface area contributed by atoms with Gasteiger partial charge in [0, 0.05) is 33.0 Å². The van der Waals surface area contributed by atoms with E-state index in [1.54, 1.807) is 4.90 Å². The average molecular weight is 447 g/mol. The summed E-state index contributed by atoms with van der Waals surface area (Å²) in [6.07, 6.45) is -1.54.